The minimum Gasteiger partial charge on any atom is -0.424 e. The van der Waals surface area contributed by atoms with Gasteiger partial charge in [0.15, 0.2) is 0 Å². The molecule has 28 heavy (non-hydrogen) atoms. The minimum atomic E-state index is -3.39. The lowest BCUT2D eigenvalue weighted by Gasteiger charge is -2.36. The molecule has 8 nitrogen and oxygen atoms in total. The van der Waals surface area contributed by atoms with Crippen molar-refractivity contribution in [1.82, 2.24) is 19.8 Å². The average Bonchev–Trinajstić information content (AvgIpc) is 3.37. The van der Waals surface area contributed by atoms with Crippen molar-refractivity contribution in [3.05, 3.63) is 41.1 Å². The molecule has 2 aliphatic heterocycles. The van der Waals surface area contributed by atoms with Crippen molar-refractivity contribution in [2.75, 3.05) is 37.6 Å². The molecule has 0 radical (unpaired) electrons. The summed E-state index contributed by atoms with van der Waals surface area (Å²) < 4.78 is 33.4. The van der Waals surface area contributed by atoms with Gasteiger partial charge in [-0.3, -0.25) is 0 Å². The number of rotatable bonds is 5. The van der Waals surface area contributed by atoms with Crippen molar-refractivity contribution in [1.29, 1.82) is 0 Å². The number of nitrogens with zero attached hydrogens (tertiary/aromatic N) is 4. The van der Waals surface area contributed by atoms with Crippen LogP contribution in [0.15, 0.2) is 28.7 Å². The van der Waals surface area contributed by atoms with Gasteiger partial charge in [-0.15, -0.1) is 10.2 Å². The lowest BCUT2D eigenvalue weighted by Crippen LogP contribution is -2.51. The molecule has 2 aliphatic rings. The van der Waals surface area contributed by atoms with E-state index in [0.717, 1.165) is 5.69 Å². The Kier molecular flexibility index (Phi) is 5.59. The van der Waals surface area contributed by atoms with Gasteiger partial charge in [0.2, 0.25) is 21.8 Å². The number of aromatic nitrogens is 2. The Balaban J connectivity index is 1.38. The number of hydrogen-bond acceptors (Lipinski definition) is 7. The first kappa shape index (κ1) is 19.6. The van der Waals surface area contributed by atoms with Crippen LogP contribution >= 0.6 is 11.6 Å². The molecule has 3 heterocycles. The molecule has 0 saturated carbocycles. The van der Waals surface area contributed by atoms with E-state index in [1.54, 1.807) is 4.31 Å². The third-order valence-corrected chi connectivity index (χ3v) is 7.89. The van der Waals surface area contributed by atoms with Gasteiger partial charge in [-0.25, -0.2) is 8.42 Å². The van der Waals surface area contributed by atoms with E-state index in [-0.39, 0.29) is 6.04 Å². The zero-order valence-corrected chi connectivity index (χ0v) is 17.3. The van der Waals surface area contributed by atoms with Gasteiger partial charge in [-0.05, 0) is 24.6 Å². The number of halogens is 1. The first-order valence-corrected chi connectivity index (χ1v) is 11.4. The minimum absolute atomic E-state index is 0.208. The number of anilines is 1. The molecule has 2 fully saturated rings. The van der Waals surface area contributed by atoms with Crippen LogP contribution in [0.2, 0.25) is 5.02 Å². The molecule has 0 amide bonds. The molecule has 2 atom stereocenters. The van der Waals surface area contributed by atoms with E-state index in [2.05, 4.69) is 20.4 Å². The van der Waals surface area contributed by atoms with Crippen molar-refractivity contribution in [3.8, 4) is 0 Å². The summed E-state index contributed by atoms with van der Waals surface area (Å²) in [5.41, 5.74) is 1.02. The van der Waals surface area contributed by atoms with E-state index >= 15 is 0 Å². The summed E-state index contributed by atoms with van der Waals surface area (Å²) >= 11 is 6.07. The van der Waals surface area contributed by atoms with E-state index in [0.29, 0.717) is 62.4 Å². The van der Waals surface area contributed by atoms with Crippen molar-refractivity contribution in [2.45, 2.75) is 31.1 Å². The second kappa shape index (κ2) is 7.98. The molecule has 2 unspecified atom stereocenters. The number of nitrogens with one attached hydrogen (secondary N) is 1. The van der Waals surface area contributed by atoms with Crippen LogP contribution in [-0.4, -0.2) is 60.9 Å². The quantitative estimate of drug-likeness (QED) is 0.781. The first-order chi connectivity index (χ1) is 13.5. The van der Waals surface area contributed by atoms with Crippen LogP contribution < -0.4 is 10.2 Å². The van der Waals surface area contributed by atoms with Gasteiger partial charge >= 0.3 is 0 Å². The lowest BCUT2D eigenvalue weighted by atomic mass is 10.2. The normalized spacial score (nSPS) is 24.0. The molecule has 0 bridgehead atoms. The smallest absolute Gasteiger partial charge is 0.233 e. The summed E-state index contributed by atoms with van der Waals surface area (Å²) in [7, 11) is -3.39. The van der Waals surface area contributed by atoms with E-state index in [4.69, 9.17) is 16.0 Å². The summed E-state index contributed by atoms with van der Waals surface area (Å²) in [5.74, 6) is 1.04. The zero-order chi connectivity index (χ0) is 19.7. The van der Waals surface area contributed by atoms with Crippen LogP contribution in [0.5, 0.6) is 0 Å². The van der Waals surface area contributed by atoms with Gasteiger partial charge in [0.1, 0.15) is 0 Å². The van der Waals surface area contributed by atoms with Gasteiger partial charge in [0.05, 0.1) is 11.3 Å². The molecule has 152 valence electrons. The number of hydrogen-bond donors (Lipinski definition) is 1. The van der Waals surface area contributed by atoms with Crippen LogP contribution in [0.1, 0.15) is 31.2 Å². The maximum atomic E-state index is 13.1. The Morgan fingerprint density at radius 3 is 2.71 bits per heavy atom. The van der Waals surface area contributed by atoms with Gasteiger partial charge in [-0.1, -0.05) is 24.6 Å². The summed E-state index contributed by atoms with van der Waals surface area (Å²) in [5, 5.41) is 11.4. The van der Waals surface area contributed by atoms with Crippen LogP contribution in [0, 0.1) is 0 Å². The monoisotopic (exact) mass is 425 g/mol. The van der Waals surface area contributed by atoms with Gasteiger partial charge < -0.3 is 14.6 Å². The molecule has 1 aromatic heterocycles. The predicted octanol–water partition coefficient (Wildman–Crippen LogP) is 1.84. The molecule has 1 N–H and O–H groups in total. The molecule has 1 aromatic carbocycles. The molecule has 2 saturated heterocycles. The van der Waals surface area contributed by atoms with Crippen LogP contribution in [-0.2, 0) is 16.4 Å². The summed E-state index contributed by atoms with van der Waals surface area (Å²) in [6.45, 7) is 4.56. The van der Waals surface area contributed by atoms with E-state index in [1.165, 1.54) is 0 Å². The highest BCUT2D eigenvalue weighted by Crippen LogP contribution is 2.29. The van der Waals surface area contributed by atoms with Crippen LogP contribution in [0.25, 0.3) is 0 Å². The molecule has 0 aliphatic carbocycles. The van der Waals surface area contributed by atoms with Crippen LogP contribution in [0.4, 0.5) is 5.69 Å². The van der Waals surface area contributed by atoms with E-state index < -0.39 is 15.3 Å². The number of piperazine rings is 1. The van der Waals surface area contributed by atoms with E-state index in [9.17, 15) is 8.42 Å². The molecule has 4 rings (SSSR count). The lowest BCUT2D eigenvalue weighted by molar-refractivity contribution is 0.378. The fourth-order valence-corrected chi connectivity index (χ4v) is 5.77. The Morgan fingerprint density at radius 1 is 1.25 bits per heavy atom. The molecule has 10 heteroatoms. The Hall–Kier alpha value is -1.68. The number of sulfonamides is 1. The summed E-state index contributed by atoms with van der Waals surface area (Å²) in [6.07, 6.45) is 1.11. The number of aryl methyl sites for hydroxylation is 1. The highest BCUT2D eigenvalue weighted by Gasteiger charge is 2.41. The number of benzene rings is 1. The van der Waals surface area contributed by atoms with Crippen LogP contribution in [0.3, 0.4) is 0 Å². The van der Waals surface area contributed by atoms with Gasteiger partial charge in [0, 0.05) is 49.9 Å². The standard InChI is InChI=1S/C18H24ClN5O3S/c1-2-17-21-22-18(27-17)16-11-15(12-20-16)28(25,26)24-8-6-23(7-9-24)14-5-3-4-13(19)10-14/h3-5,10,15-16,20H,2,6-9,11-12H2,1H3. The fraction of sp³-hybridized carbons (Fsp3) is 0.556. The van der Waals surface area contributed by atoms with Gasteiger partial charge in [-0.2, -0.15) is 4.31 Å². The molecular weight excluding hydrogens is 402 g/mol. The summed E-state index contributed by atoms with van der Waals surface area (Å²) in [6, 6.07) is 7.44. The SMILES string of the molecule is CCc1nnc(C2CC(S(=O)(=O)N3CCN(c4cccc(Cl)c4)CC3)CN2)o1. The fourth-order valence-electron chi connectivity index (χ4n) is 3.75. The van der Waals surface area contributed by atoms with Crippen molar-refractivity contribution < 1.29 is 12.8 Å². The first-order valence-electron chi connectivity index (χ1n) is 9.52. The van der Waals surface area contributed by atoms with Crippen molar-refractivity contribution >= 4 is 27.3 Å². The maximum Gasteiger partial charge on any atom is 0.233 e. The molecular formula is C18H24ClN5O3S. The Labute approximate surface area is 169 Å². The topological polar surface area (TPSA) is 91.6 Å². The second-order valence-electron chi connectivity index (χ2n) is 7.12. The predicted molar refractivity (Wildman–Crippen MR) is 107 cm³/mol. The molecule has 2 aromatic rings. The highest BCUT2D eigenvalue weighted by atomic mass is 35.5. The van der Waals surface area contributed by atoms with Gasteiger partial charge in [0.25, 0.3) is 0 Å². The highest BCUT2D eigenvalue weighted by molar-refractivity contribution is 7.89. The van der Waals surface area contributed by atoms with Crippen molar-refractivity contribution in [2.24, 2.45) is 0 Å². The second-order valence-corrected chi connectivity index (χ2v) is 9.77. The van der Waals surface area contributed by atoms with E-state index in [1.807, 2.05) is 31.2 Å². The summed E-state index contributed by atoms with van der Waals surface area (Å²) in [4.78, 5) is 2.16. The maximum absolute atomic E-state index is 13.1. The zero-order valence-electron chi connectivity index (χ0n) is 15.7. The Morgan fingerprint density at radius 2 is 2.04 bits per heavy atom. The largest absolute Gasteiger partial charge is 0.424 e. The third-order valence-electron chi connectivity index (χ3n) is 5.37. The average molecular weight is 426 g/mol. The van der Waals surface area contributed by atoms with Crippen molar-refractivity contribution in [3.63, 3.8) is 0 Å². The Bertz CT molecular complexity index is 927. The third kappa shape index (κ3) is 3.89. The molecule has 0 spiro atoms.